The van der Waals surface area contributed by atoms with E-state index in [0.717, 1.165) is 18.8 Å². The van der Waals surface area contributed by atoms with Gasteiger partial charge in [-0.05, 0) is 45.0 Å². The summed E-state index contributed by atoms with van der Waals surface area (Å²) in [6, 6.07) is 10.7. The fourth-order valence-corrected chi connectivity index (χ4v) is 2.63. The van der Waals surface area contributed by atoms with E-state index in [9.17, 15) is 0 Å². The van der Waals surface area contributed by atoms with Gasteiger partial charge in [0.2, 0.25) is 0 Å². The molecule has 0 amide bonds. The van der Waals surface area contributed by atoms with Gasteiger partial charge >= 0.3 is 0 Å². The maximum Gasteiger partial charge on any atom is 0.0923 e. The Hall–Kier alpha value is -1.61. The second-order valence-corrected chi connectivity index (χ2v) is 5.10. The number of hydrogen-bond acceptors (Lipinski definition) is 2. The van der Waals surface area contributed by atoms with Crippen LogP contribution in [0.4, 0.5) is 0 Å². The van der Waals surface area contributed by atoms with Gasteiger partial charge in [0, 0.05) is 17.2 Å². The van der Waals surface area contributed by atoms with Crippen LogP contribution in [-0.2, 0) is 0 Å². The Morgan fingerprint density at radius 2 is 2.00 bits per heavy atom. The van der Waals surface area contributed by atoms with Gasteiger partial charge in [0.05, 0.1) is 5.69 Å². The smallest absolute Gasteiger partial charge is 0.0923 e. The summed E-state index contributed by atoms with van der Waals surface area (Å²) in [5, 5.41) is 11.1. The van der Waals surface area contributed by atoms with Crippen molar-refractivity contribution in [2.24, 2.45) is 0 Å². The molecule has 1 fully saturated rings. The van der Waals surface area contributed by atoms with Crippen molar-refractivity contribution in [3.8, 4) is 11.3 Å². The molecule has 3 heteroatoms. The molecule has 94 valence electrons. The fraction of sp³-hybridized carbons (Fsp3) is 0.400. The third-order valence-corrected chi connectivity index (χ3v) is 3.69. The molecule has 0 aliphatic carbocycles. The van der Waals surface area contributed by atoms with E-state index >= 15 is 0 Å². The van der Waals surface area contributed by atoms with Crippen LogP contribution in [0.5, 0.6) is 0 Å². The van der Waals surface area contributed by atoms with Gasteiger partial charge in [-0.15, -0.1) is 0 Å². The first kappa shape index (κ1) is 11.5. The molecule has 0 unspecified atom stereocenters. The van der Waals surface area contributed by atoms with E-state index in [4.69, 9.17) is 0 Å². The zero-order valence-corrected chi connectivity index (χ0v) is 10.7. The average molecular weight is 241 g/mol. The lowest BCUT2D eigenvalue weighted by molar-refractivity contribution is 0.453. The Balaban J connectivity index is 1.84. The number of hydrogen-bond donors (Lipinski definition) is 2. The van der Waals surface area contributed by atoms with E-state index in [1.54, 1.807) is 0 Å². The molecule has 0 saturated carbocycles. The molecule has 3 rings (SSSR count). The highest BCUT2D eigenvalue weighted by Crippen LogP contribution is 2.27. The van der Waals surface area contributed by atoms with Gasteiger partial charge in [0.25, 0.3) is 0 Å². The summed E-state index contributed by atoms with van der Waals surface area (Å²) in [6.45, 7) is 4.34. The molecule has 1 saturated heterocycles. The number of benzene rings is 1. The number of aromatic nitrogens is 2. The summed E-state index contributed by atoms with van der Waals surface area (Å²) in [7, 11) is 0. The predicted octanol–water partition coefficient (Wildman–Crippen LogP) is 2.85. The van der Waals surface area contributed by atoms with Crippen molar-refractivity contribution >= 4 is 0 Å². The van der Waals surface area contributed by atoms with Gasteiger partial charge in [-0.2, -0.15) is 5.10 Å². The van der Waals surface area contributed by atoms with Gasteiger partial charge in [0.15, 0.2) is 0 Å². The Labute approximate surface area is 108 Å². The molecule has 1 aromatic heterocycles. The lowest BCUT2D eigenvalue weighted by atomic mass is 9.94. The highest BCUT2D eigenvalue weighted by atomic mass is 15.1. The first-order valence-electron chi connectivity index (χ1n) is 6.66. The largest absolute Gasteiger partial charge is 0.317 e. The SMILES string of the molecule is Cc1cccc(-c2cc(C3CCNCC3)[nH]n2)c1. The monoisotopic (exact) mass is 241 g/mol. The molecular weight excluding hydrogens is 222 g/mol. The van der Waals surface area contributed by atoms with Crippen molar-refractivity contribution in [1.29, 1.82) is 0 Å². The van der Waals surface area contributed by atoms with E-state index in [1.807, 2.05) is 0 Å². The maximum atomic E-state index is 4.46. The Bertz CT molecular complexity index is 524. The Morgan fingerprint density at radius 1 is 1.17 bits per heavy atom. The summed E-state index contributed by atoms with van der Waals surface area (Å²) < 4.78 is 0. The van der Waals surface area contributed by atoms with Crippen LogP contribution in [-0.4, -0.2) is 23.3 Å². The number of nitrogens with zero attached hydrogens (tertiary/aromatic N) is 1. The molecule has 0 bridgehead atoms. The van der Waals surface area contributed by atoms with E-state index in [0.29, 0.717) is 5.92 Å². The first-order chi connectivity index (χ1) is 8.83. The van der Waals surface area contributed by atoms with E-state index in [2.05, 4.69) is 52.8 Å². The van der Waals surface area contributed by atoms with Crippen LogP contribution in [0.3, 0.4) is 0 Å². The van der Waals surface area contributed by atoms with Gasteiger partial charge in [-0.3, -0.25) is 5.10 Å². The second kappa shape index (κ2) is 4.94. The number of aromatic amines is 1. The number of H-pyrrole nitrogens is 1. The normalized spacial score (nSPS) is 16.9. The van der Waals surface area contributed by atoms with Crippen molar-refractivity contribution in [2.45, 2.75) is 25.7 Å². The summed E-state index contributed by atoms with van der Waals surface area (Å²) in [6.07, 6.45) is 2.41. The van der Waals surface area contributed by atoms with Crippen LogP contribution in [0.1, 0.15) is 30.0 Å². The quantitative estimate of drug-likeness (QED) is 0.848. The third-order valence-electron chi connectivity index (χ3n) is 3.69. The van der Waals surface area contributed by atoms with Gasteiger partial charge in [-0.1, -0.05) is 23.8 Å². The highest BCUT2D eigenvalue weighted by Gasteiger charge is 2.17. The van der Waals surface area contributed by atoms with Crippen LogP contribution in [0.2, 0.25) is 0 Å². The summed E-state index contributed by atoms with van der Waals surface area (Å²) in [5.41, 5.74) is 4.82. The summed E-state index contributed by atoms with van der Waals surface area (Å²) in [4.78, 5) is 0. The second-order valence-electron chi connectivity index (χ2n) is 5.10. The topological polar surface area (TPSA) is 40.7 Å². The maximum absolute atomic E-state index is 4.46. The minimum Gasteiger partial charge on any atom is -0.317 e. The molecule has 0 radical (unpaired) electrons. The molecule has 1 aromatic carbocycles. The van der Waals surface area contributed by atoms with E-state index < -0.39 is 0 Å². The van der Waals surface area contributed by atoms with Gasteiger partial charge in [0.1, 0.15) is 0 Å². The van der Waals surface area contributed by atoms with Crippen LogP contribution < -0.4 is 5.32 Å². The molecule has 2 heterocycles. The fourth-order valence-electron chi connectivity index (χ4n) is 2.63. The zero-order valence-electron chi connectivity index (χ0n) is 10.7. The first-order valence-corrected chi connectivity index (χ1v) is 6.66. The molecule has 1 aliphatic rings. The van der Waals surface area contributed by atoms with E-state index in [-0.39, 0.29) is 0 Å². The minimum absolute atomic E-state index is 0.636. The minimum atomic E-state index is 0.636. The van der Waals surface area contributed by atoms with Crippen LogP contribution in [0.15, 0.2) is 30.3 Å². The van der Waals surface area contributed by atoms with Gasteiger partial charge in [-0.25, -0.2) is 0 Å². The molecular formula is C15H19N3. The van der Waals surface area contributed by atoms with Gasteiger partial charge < -0.3 is 5.32 Å². The lowest BCUT2D eigenvalue weighted by Gasteiger charge is -2.20. The number of piperidine rings is 1. The van der Waals surface area contributed by atoms with Crippen molar-refractivity contribution in [3.05, 3.63) is 41.6 Å². The molecule has 1 aliphatic heterocycles. The van der Waals surface area contributed by atoms with Crippen LogP contribution in [0.25, 0.3) is 11.3 Å². The Morgan fingerprint density at radius 3 is 2.78 bits per heavy atom. The third kappa shape index (κ3) is 2.31. The van der Waals surface area contributed by atoms with Crippen molar-refractivity contribution in [2.75, 3.05) is 13.1 Å². The lowest BCUT2D eigenvalue weighted by Crippen LogP contribution is -2.26. The summed E-state index contributed by atoms with van der Waals surface area (Å²) >= 11 is 0. The molecule has 0 spiro atoms. The number of rotatable bonds is 2. The van der Waals surface area contributed by atoms with Crippen molar-refractivity contribution < 1.29 is 0 Å². The molecule has 2 aromatic rings. The van der Waals surface area contributed by atoms with Crippen molar-refractivity contribution in [3.63, 3.8) is 0 Å². The predicted molar refractivity (Wildman–Crippen MR) is 73.6 cm³/mol. The average Bonchev–Trinajstić information content (AvgIpc) is 2.89. The molecule has 2 N–H and O–H groups in total. The van der Waals surface area contributed by atoms with Crippen LogP contribution in [0, 0.1) is 6.92 Å². The van der Waals surface area contributed by atoms with Crippen LogP contribution >= 0.6 is 0 Å². The molecule has 18 heavy (non-hydrogen) atoms. The van der Waals surface area contributed by atoms with Crippen molar-refractivity contribution in [1.82, 2.24) is 15.5 Å². The number of aryl methyl sites for hydroxylation is 1. The number of nitrogens with one attached hydrogen (secondary N) is 2. The highest BCUT2D eigenvalue weighted by molar-refractivity contribution is 5.60. The Kier molecular flexibility index (Phi) is 3.15. The standard InChI is InChI=1S/C15H19N3/c1-11-3-2-4-13(9-11)15-10-14(17-18-15)12-5-7-16-8-6-12/h2-4,9-10,12,16H,5-8H2,1H3,(H,17,18). The summed E-state index contributed by atoms with van der Waals surface area (Å²) in [5.74, 6) is 0.636. The molecule has 3 nitrogen and oxygen atoms in total. The molecule has 0 atom stereocenters. The zero-order chi connectivity index (χ0) is 12.4. The van der Waals surface area contributed by atoms with E-state index in [1.165, 1.54) is 29.7 Å².